The Morgan fingerprint density at radius 1 is 1.25 bits per heavy atom. The van der Waals surface area contributed by atoms with Crippen LogP contribution in [0.4, 0.5) is 0 Å². The average molecular weight is 215 g/mol. The van der Waals surface area contributed by atoms with Crippen LogP contribution in [0.25, 0.3) is 0 Å². The summed E-state index contributed by atoms with van der Waals surface area (Å²) in [6.07, 6.45) is 4.05. The summed E-state index contributed by atoms with van der Waals surface area (Å²) in [6.45, 7) is 8.21. The number of nitrogens with zero attached hydrogens (tertiary/aromatic N) is 1. The van der Waals surface area contributed by atoms with Gasteiger partial charge in [-0.1, -0.05) is 23.8 Å². The van der Waals surface area contributed by atoms with E-state index >= 15 is 0 Å². The van der Waals surface area contributed by atoms with Crippen molar-refractivity contribution in [3.8, 4) is 0 Å². The fraction of sp³-hybridized carbons (Fsp3) is 0.600. The predicted molar refractivity (Wildman–Crippen MR) is 67.6 cm³/mol. The molecule has 0 amide bonds. The zero-order chi connectivity index (χ0) is 11.3. The van der Waals surface area contributed by atoms with Crippen LogP contribution < -0.4 is 0 Å². The maximum atomic E-state index is 2.71. The molecular formula is C15H21N. The molecule has 0 spiro atoms. The van der Waals surface area contributed by atoms with E-state index in [9.17, 15) is 0 Å². The van der Waals surface area contributed by atoms with Crippen LogP contribution in [0.1, 0.15) is 43.4 Å². The molecule has 0 bridgehead atoms. The summed E-state index contributed by atoms with van der Waals surface area (Å²) in [7, 11) is 0. The minimum atomic E-state index is 0.239. The number of aryl methyl sites for hydroxylation is 1. The zero-order valence-electron chi connectivity index (χ0n) is 10.6. The Balaban J connectivity index is 2.03. The van der Waals surface area contributed by atoms with Crippen LogP contribution in [-0.2, 0) is 12.0 Å². The molecule has 0 radical (unpaired) electrons. The molecular weight excluding hydrogens is 194 g/mol. The van der Waals surface area contributed by atoms with E-state index in [1.165, 1.54) is 31.4 Å². The fourth-order valence-corrected chi connectivity index (χ4v) is 3.23. The quantitative estimate of drug-likeness (QED) is 0.695. The highest BCUT2D eigenvalue weighted by molar-refractivity contribution is 5.38. The molecule has 0 atom stereocenters. The van der Waals surface area contributed by atoms with Crippen molar-refractivity contribution in [1.29, 1.82) is 0 Å². The molecule has 1 aliphatic heterocycles. The van der Waals surface area contributed by atoms with Gasteiger partial charge in [-0.2, -0.15) is 0 Å². The van der Waals surface area contributed by atoms with Gasteiger partial charge in [0.2, 0.25) is 0 Å². The summed E-state index contributed by atoms with van der Waals surface area (Å²) in [5.41, 5.74) is 4.76. The van der Waals surface area contributed by atoms with Crippen LogP contribution in [0.3, 0.4) is 0 Å². The molecule has 0 aromatic heterocycles. The van der Waals surface area contributed by atoms with Gasteiger partial charge in [-0.15, -0.1) is 0 Å². The van der Waals surface area contributed by atoms with E-state index < -0.39 is 0 Å². The summed E-state index contributed by atoms with van der Waals surface area (Å²) in [5.74, 6) is 0. The van der Waals surface area contributed by atoms with Crippen molar-refractivity contribution in [2.45, 2.75) is 51.6 Å². The Bertz CT molecular complexity index is 415. The molecule has 2 aliphatic rings. The molecule has 3 rings (SSSR count). The van der Waals surface area contributed by atoms with E-state index in [1.54, 1.807) is 11.1 Å². The van der Waals surface area contributed by atoms with Crippen LogP contribution in [0, 0.1) is 6.92 Å². The van der Waals surface area contributed by atoms with Crippen molar-refractivity contribution in [3.63, 3.8) is 0 Å². The Hall–Kier alpha value is -0.820. The van der Waals surface area contributed by atoms with Gasteiger partial charge in [0.1, 0.15) is 0 Å². The van der Waals surface area contributed by atoms with Gasteiger partial charge in [0, 0.05) is 18.1 Å². The Morgan fingerprint density at radius 3 is 2.69 bits per heavy atom. The minimum absolute atomic E-state index is 0.239. The third kappa shape index (κ3) is 1.49. The summed E-state index contributed by atoms with van der Waals surface area (Å²) in [6, 6.07) is 7.85. The smallest absolute Gasteiger partial charge is 0.0410 e. The first-order valence-electron chi connectivity index (χ1n) is 6.46. The molecule has 16 heavy (non-hydrogen) atoms. The second-order valence-electron chi connectivity index (χ2n) is 5.89. The topological polar surface area (TPSA) is 3.24 Å². The minimum Gasteiger partial charge on any atom is -0.291 e. The van der Waals surface area contributed by atoms with Gasteiger partial charge in [-0.3, -0.25) is 4.90 Å². The van der Waals surface area contributed by atoms with Gasteiger partial charge >= 0.3 is 0 Å². The summed E-state index contributed by atoms with van der Waals surface area (Å²) in [5, 5.41) is 0. The van der Waals surface area contributed by atoms with Gasteiger partial charge in [0.05, 0.1) is 0 Å². The number of rotatable bonds is 1. The summed E-state index contributed by atoms with van der Waals surface area (Å²) >= 11 is 0. The highest BCUT2D eigenvalue weighted by Gasteiger charge is 2.42. The lowest BCUT2D eigenvalue weighted by atomic mass is 9.82. The normalized spacial score (nSPS) is 24.2. The number of fused-ring (bicyclic) bond motifs is 1. The van der Waals surface area contributed by atoms with Crippen LogP contribution in [0.2, 0.25) is 0 Å². The number of hydrogen-bond acceptors (Lipinski definition) is 1. The lowest BCUT2D eigenvalue weighted by Gasteiger charge is -2.44. The molecule has 86 valence electrons. The predicted octanol–water partition coefficient (Wildman–Crippen LogP) is 3.25. The second kappa shape index (κ2) is 3.33. The van der Waals surface area contributed by atoms with Gasteiger partial charge in [-0.05, 0) is 51.2 Å². The first-order valence-corrected chi connectivity index (χ1v) is 6.46. The van der Waals surface area contributed by atoms with Crippen molar-refractivity contribution in [2.24, 2.45) is 0 Å². The first-order chi connectivity index (χ1) is 7.59. The monoisotopic (exact) mass is 215 g/mol. The van der Waals surface area contributed by atoms with E-state index in [2.05, 4.69) is 43.9 Å². The van der Waals surface area contributed by atoms with E-state index in [0.29, 0.717) is 0 Å². The van der Waals surface area contributed by atoms with Crippen LogP contribution in [-0.4, -0.2) is 17.5 Å². The summed E-state index contributed by atoms with van der Waals surface area (Å²) in [4.78, 5) is 2.71. The standard InChI is InChI=1S/C15H21N/c1-11-4-7-14-12(10-11)8-9-16(13-5-6-13)15(14,2)3/h4,7,10,13H,5-6,8-9H2,1-3H3. The van der Waals surface area contributed by atoms with Crippen molar-refractivity contribution >= 4 is 0 Å². The average Bonchev–Trinajstić information content (AvgIpc) is 3.00. The zero-order valence-corrected chi connectivity index (χ0v) is 10.6. The van der Waals surface area contributed by atoms with Gasteiger partial charge in [-0.25, -0.2) is 0 Å². The molecule has 0 unspecified atom stereocenters. The van der Waals surface area contributed by atoms with E-state index in [0.717, 1.165) is 6.04 Å². The molecule has 1 heterocycles. The highest BCUT2D eigenvalue weighted by atomic mass is 15.2. The molecule has 1 heteroatoms. The van der Waals surface area contributed by atoms with Gasteiger partial charge < -0.3 is 0 Å². The molecule has 0 N–H and O–H groups in total. The van der Waals surface area contributed by atoms with E-state index in [4.69, 9.17) is 0 Å². The van der Waals surface area contributed by atoms with Crippen molar-refractivity contribution in [2.75, 3.05) is 6.54 Å². The maximum absolute atomic E-state index is 2.71. The van der Waals surface area contributed by atoms with Crippen LogP contribution >= 0.6 is 0 Å². The summed E-state index contributed by atoms with van der Waals surface area (Å²) < 4.78 is 0. The van der Waals surface area contributed by atoms with Crippen LogP contribution in [0.15, 0.2) is 18.2 Å². The third-order valence-corrected chi connectivity index (χ3v) is 4.25. The maximum Gasteiger partial charge on any atom is 0.0410 e. The van der Waals surface area contributed by atoms with E-state index in [-0.39, 0.29) is 5.54 Å². The van der Waals surface area contributed by atoms with Crippen molar-refractivity contribution in [3.05, 3.63) is 34.9 Å². The lowest BCUT2D eigenvalue weighted by molar-refractivity contribution is 0.0976. The molecule has 1 aromatic rings. The SMILES string of the molecule is Cc1ccc2c(c1)CCN(C1CC1)C2(C)C. The van der Waals surface area contributed by atoms with Crippen molar-refractivity contribution in [1.82, 2.24) is 4.90 Å². The molecule has 1 saturated carbocycles. The Morgan fingerprint density at radius 2 is 2.00 bits per heavy atom. The van der Waals surface area contributed by atoms with Gasteiger partial charge in [0.15, 0.2) is 0 Å². The fourth-order valence-electron chi connectivity index (χ4n) is 3.23. The lowest BCUT2D eigenvalue weighted by Crippen LogP contribution is -2.47. The number of benzene rings is 1. The van der Waals surface area contributed by atoms with Gasteiger partial charge in [0.25, 0.3) is 0 Å². The first kappa shape index (κ1) is 10.3. The molecule has 1 aromatic carbocycles. The molecule has 1 aliphatic carbocycles. The molecule has 1 fully saturated rings. The largest absolute Gasteiger partial charge is 0.291 e. The molecule has 0 saturated heterocycles. The second-order valence-corrected chi connectivity index (χ2v) is 5.89. The van der Waals surface area contributed by atoms with E-state index in [1.807, 2.05) is 0 Å². The highest BCUT2D eigenvalue weighted by Crippen LogP contribution is 2.42. The van der Waals surface area contributed by atoms with Crippen LogP contribution in [0.5, 0.6) is 0 Å². The third-order valence-electron chi connectivity index (χ3n) is 4.25. The Labute approximate surface area is 98.5 Å². The number of hydrogen-bond donors (Lipinski definition) is 0. The Kier molecular flexibility index (Phi) is 2.16. The van der Waals surface area contributed by atoms with Crippen molar-refractivity contribution < 1.29 is 0 Å². The molecule has 1 nitrogen and oxygen atoms in total.